The van der Waals surface area contributed by atoms with Gasteiger partial charge in [-0.2, -0.15) is 0 Å². The van der Waals surface area contributed by atoms with Gasteiger partial charge in [-0.3, -0.25) is 4.79 Å². The lowest BCUT2D eigenvalue weighted by Gasteiger charge is -2.22. The first-order valence-corrected chi connectivity index (χ1v) is 9.15. The van der Waals surface area contributed by atoms with Gasteiger partial charge in [-0.1, -0.05) is 24.3 Å². The van der Waals surface area contributed by atoms with Crippen molar-refractivity contribution in [1.82, 2.24) is 15.5 Å². The first kappa shape index (κ1) is 24.7. The standard InChI is InChI=1S/C21H27FN4O2.HI/c1-4-23-21(26(2)15-17-6-5-7-18(22)12-17)25-14-20(27)24-13-16-8-10-19(28-3)11-9-16;/h5-12H,4,13-15H2,1-3H3,(H,23,25)(H,24,27);1H. The Hall–Kier alpha value is -2.36. The fourth-order valence-electron chi connectivity index (χ4n) is 2.60. The highest BCUT2D eigenvalue weighted by Gasteiger charge is 2.08. The van der Waals surface area contributed by atoms with Crippen LogP contribution in [-0.4, -0.2) is 44.0 Å². The molecule has 158 valence electrons. The molecule has 0 saturated carbocycles. The van der Waals surface area contributed by atoms with Crippen molar-refractivity contribution in [2.24, 2.45) is 4.99 Å². The number of aliphatic imine (C=N–C) groups is 1. The number of hydrogen-bond acceptors (Lipinski definition) is 3. The van der Waals surface area contributed by atoms with Crippen LogP contribution in [0.3, 0.4) is 0 Å². The second-order valence-corrected chi connectivity index (χ2v) is 6.28. The van der Waals surface area contributed by atoms with E-state index in [0.717, 1.165) is 16.9 Å². The minimum Gasteiger partial charge on any atom is -0.497 e. The van der Waals surface area contributed by atoms with Gasteiger partial charge in [0.05, 0.1) is 7.11 Å². The molecule has 0 aliphatic rings. The summed E-state index contributed by atoms with van der Waals surface area (Å²) in [6.07, 6.45) is 0. The van der Waals surface area contributed by atoms with Crippen LogP contribution >= 0.6 is 24.0 Å². The predicted molar refractivity (Wildman–Crippen MR) is 124 cm³/mol. The predicted octanol–water partition coefficient (Wildman–Crippen LogP) is 3.17. The van der Waals surface area contributed by atoms with Crippen LogP contribution in [0.15, 0.2) is 53.5 Å². The van der Waals surface area contributed by atoms with E-state index in [9.17, 15) is 9.18 Å². The second-order valence-electron chi connectivity index (χ2n) is 6.28. The molecule has 8 heteroatoms. The van der Waals surface area contributed by atoms with Gasteiger partial charge in [-0.05, 0) is 42.3 Å². The van der Waals surface area contributed by atoms with E-state index >= 15 is 0 Å². The highest BCUT2D eigenvalue weighted by atomic mass is 127. The van der Waals surface area contributed by atoms with Crippen LogP contribution in [0.25, 0.3) is 0 Å². The normalized spacial score (nSPS) is 10.7. The van der Waals surface area contributed by atoms with Gasteiger partial charge in [-0.15, -0.1) is 24.0 Å². The molecule has 0 heterocycles. The van der Waals surface area contributed by atoms with Crippen LogP contribution in [0.4, 0.5) is 4.39 Å². The Balaban J connectivity index is 0.00000420. The minimum absolute atomic E-state index is 0. The van der Waals surface area contributed by atoms with E-state index in [1.165, 1.54) is 12.1 Å². The van der Waals surface area contributed by atoms with Crippen LogP contribution < -0.4 is 15.4 Å². The molecule has 0 saturated heterocycles. The van der Waals surface area contributed by atoms with E-state index in [1.807, 2.05) is 49.2 Å². The number of guanidine groups is 1. The summed E-state index contributed by atoms with van der Waals surface area (Å²) in [5, 5.41) is 5.99. The Morgan fingerprint density at radius 3 is 2.48 bits per heavy atom. The summed E-state index contributed by atoms with van der Waals surface area (Å²) in [6, 6.07) is 13.9. The summed E-state index contributed by atoms with van der Waals surface area (Å²) in [7, 11) is 3.46. The van der Waals surface area contributed by atoms with Crippen molar-refractivity contribution in [2.45, 2.75) is 20.0 Å². The molecule has 0 aromatic heterocycles. The molecule has 0 aliphatic heterocycles. The van der Waals surface area contributed by atoms with Crippen LogP contribution in [0, 0.1) is 5.82 Å². The number of hydrogen-bond donors (Lipinski definition) is 2. The molecule has 2 rings (SSSR count). The van der Waals surface area contributed by atoms with Gasteiger partial charge in [-0.25, -0.2) is 9.38 Å². The van der Waals surface area contributed by atoms with E-state index in [-0.39, 0.29) is 42.2 Å². The zero-order valence-electron chi connectivity index (χ0n) is 16.9. The Morgan fingerprint density at radius 2 is 1.86 bits per heavy atom. The highest BCUT2D eigenvalue weighted by molar-refractivity contribution is 14.0. The number of amides is 1. The van der Waals surface area contributed by atoms with Crippen molar-refractivity contribution in [3.63, 3.8) is 0 Å². The Bertz CT molecular complexity index is 800. The number of carbonyl (C=O) groups is 1. The van der Waals surface area contributed by atoms with Gasteiger partial charge in [0, 0.05) is 26.7 Å². The lowest BCUT2D eigenvalue weighted by Crippen LogP contribution is -2.39. The fraction of sp³-hybridized carbons (Fsp3) is 0.333. The maximum Gasteiger partial charge on any atom is 0.242 e. The third-order valence-corrected chi connectivity index (χ3v) is 4.03. The van der Waals surface area contributed by atoms with E-state index < -0.39 is 0 Å². The maximum atomic E-state index is 13.4. The first-order chi connectivity index (χ1) is 13.5. The van der Waals surface area contributed by atoms with Crippen LogP contribution in [-0.2, 0) is 17.9 Å². The van der Waals surface area contributed by atoms with E-state index in [2.05, 4.69) is 15.6 Å². The lowest BCUT2D eigenvalue weighted by atomic mass is 10.2. The Kier molecular flexibility index (Phi) is 11.0. The van der Waals surface area contributed by atoms with Crippen LogP contribution in [0.5, 0.6) is 5.75 Å². The number of nitrogens with one attached hydrogen (secondary N) is 2. The summed E-state index contributed by atoms with van der Waals surface area (Å²) in [4.78, 5) is 18.4. The topological polar surface area (TPSA) is 66.0 Å². The third-order valence-electron chi connectivity index (χ3n) is 4.03. The number of methoxy groups -OCH3 is 1. The van der Waals surface area contributed by atoms with E-state index in [1.54, 1.807) is 13.2 Å². The zero-order valence-corrected chi connectivity index (χ0v) is 19.3. The van der Waals surface area contributed by atoms with Crippen molar-refractivity contribution >= 4 is 35.8 Å². The number of nitrogens with zero attached hydrogens (tertiary/aromatic N) is 2. The number of benzene rings is 2. The van der Waals surface area contributed by atoms with E-state index in [0.29, 0.717) is 25.6 Å². The lowest BCUT2D eigenvalue weighted by molar-refractivity contribution is -0.119. The van der Waals surface area contributed by atoms with Crippen molar-refractivity contribution in [3.8, 4) is 5.75 Å². The number of carbonyl (C=O) groups excluding carboxylic acids is 1. The van der Waals surface area contributed by atoms with Gasteiger partial charge in [0.2, 0.25) is 5.91 Å². The third kappa shape index (κ3) is 8.68. The molecular weight excluding hydrogens is 486 g/mol. The molecule has 0 fully saturated rings. The summed E-state index contributed by atoms with van der Waals surface area (Å²) < 4.78 is 18.5. The van der Waals surface area contributed by atoms with Crippen molar-refractivity contribution in [1.29, 1.82) is 0 Å². The maximum absolute atomic E-state index is 13.4. The summed E-state index contributed by atoms with van der Waals surface area (Å²) in [5.41, 5.74) is 1.81. The molecule has 0 radical (unpaired) electrons. The summed E-state index contributed by atoms with van der Waals surface area (Å²) in [5.74, 6) is 0.916. The second kappa shape index (κ2) is 13.0. The molecule has 1 amide bonds. The average Bonchev–Trinajstić information content (AvgIpc) is 2.69. The van der Waals surface area contributed by atoms with E-state index in [4.69, 9.17) is 4.74 Å². The Labute approximate surface area is 188 Å². The highest BCUT2D eigenvalue weighted by Crippen LogP contribution is 2.11. The molecule has 0 atom stereocenters. The smallest absolute Gasteiger partial charge is 0.242 e. The van der Waals surface area contributed by atoms with Crippen molar-refractivity contribution < 1.29 is 13.9 Å². The molecule has 2 aromatic carbocycles. The molecular formula is C21H28FIN4O2. The average molecular weight is 514 g/mol. The molecule has 0 aliphatic carbocycles. The SMILES string of the molecule is CCNC(=NCC(=O)NCc1ccc(OC)cc1)N(C)Cc1cccc(F)c1.I. The van der Waals surface area contributed by atoms with Crippen LogP contribution in [0.2, 0.25) is 0 Å². The summed E-state index contributed by atoms with van der Waals surface area (Å²) in [6.45, 7) is 3.53. The van der Waals surface area contributed by atoms with Gasteiger partial charge in [0.15, 0.2) is 5.96 Å². The van der Waals surface area contributed by atoms with Crippen LogP contribution in [0.1, 0.15) is 18.1 Å². The van der Waals surface area contributed by atoms with Crippen molar-refractivity contribution in [3.05, 3.63) is 65.5 Å². The molecule has 2 N–H and O–H groups in total. The molecule has 6 nitrogen and oxygen atoms in total. The largest absolute Gasteiger partial charge is 0.497 e. The zero-order chi connectivity index (χ0) is 20.4. The fourth-order valence-corrected chi connectivity index (χ4v) is 2.60. The monoisotopic (exact) mass is 514 g/mol. The summed E-state index contributed by atoms with van der Waals surface area (Å²) >= 11 is 0. The van der Waals surface area contributed by atoms with Gasteiger partial charge >= 0.3 is 0 Å². The van der Waals surface area contributed by atoms with Crippen molar-refractivity contribution in [2.75, 3.05) is 27.2 Å². The molecule has 0 spiro atoms. The molecule has 29 heavy (non-hydrogen) atoms. The quantitative estimate of drug-likeness (QED) is 0.323. The number of ether oxygens (including phenoxy) is 1. The van der Waals surface area contributed by atoms with Gasteiger partial charge in [0.25, 0.3) is 0 Å². The Morgan fingerprint density at radius 1 is 1.14 bits per heavy atom. The molecule has 2 aromatic rings. The van der Waals surface area contributed by atoms with Gasteiger partial charge in [0.1, 0.15) is 18.1 Å². The number of rotatable bonds is 8. The molecule has 0 bridgehead atoms. The first-order valence-electron chi connectivity index (χ1n) is 9.15. The minimum atomic E-state index is -0.272. The van der Waals surface area contributed by atoms with Gasteiger partial charge < -0.3 is 20.3 Å². The molecule has 0 unspecified atom stereocenters. The number of halogens is 2.